The van der Waals surface area contributed by atoms with Crippen molar-refractivity contribution in [3.05, 3.63) is 11.8 Å². The molecule has 0 aliphatic carbocycles. The van der Waals surface area contributed by atoms with Crippen LogP contribution in [0.4, 0.5) is 0 Å². The third-order valence-electron chi connectivity index (χ3n) is 0.884. The fourth-order valence-electron chi connectivity index (χ4n) is 0.450. The van der Waals surface area contributed by atoms with Crippen LogP contribution in [0.5, 0.6) is 0 Å². The Morgan fingerprint density at radius 2 is 2.67 bits per heavy atom. The molecule has 0 N–H and O–H groups in total. The largest absolute Gasteiger partial charge is 0.363 e. The van der Waals surface area contributed by atoms with E-state index in [1.54, 1.807) is 6.29 Å². The number of carbonyl (C=O) groups excluding carboxylic acids is 1. The summed E-state index contributed by atoms with van der Waals surface area (Å²) in [6.45, 7) is 0. The van der Waals surface area contributed by atoms with Crippen LogP contribution in [0.2, 0.25) is 0 Å². The van der Waals surface area contributed by atoms with Crippen molar-refractivity contribution in [2.45, 2.75) is 11.4 Å². The van der Waals surface area contributed by atoms with E-state index >= 15 is 0 Å². The minimum absolute atomic E-state index is 0.197. The molecule has 4 heteroatoms. The highest BCUT2D eigenvalue weighted by Crippen LogP contribution is 2.09. The van der Waals surface area contributed by atoms with E-state index in [2.05, 4.69) is 22.3 Å². The highest BCUT2D eigenvalue weighted by molar-refractivity contribution is 7.80. The van der Waals surface area contributed by atoms with Gasteiger partial charge in [0, 0.05) is 12.0 Å². The fourth-order valence-corrected chi connectivity index (χ4v) is 0.629. The predicted molar refractivity (Wildman–Crippen MR) is 33.2 cm³/mol. The van der Waals surface area contributed by atoms with Crippen molar-refractivity contribution in [2.75, 3.05) is 0 Å². The second-order valence-corrected chi connectivity index (χ2v) is 1.91. The summed E-state index contributed by atoms with van der Waals surface area (Å²) in [5, 5.41) is 3.90. The molecule has 47 valence electrons. The van der Waals surface area contributed by atoms with E-state index in [0.29, 0.717) is 10.6 Å². The van der Waals surface area contributed by atoms with Crippen LogP contribution in [0.3, 0.4) is 0 Å². The maximum absolute atomic E-state index is 9.80. The van der Waals surface area contributed by atoms with Crippen molar-refractivity contribution in [3.63, 3.8) is 0 Å². The standard InChI is InChI=1S/C5H4NO2S/c7-2-1-4-3-8-6-5(4)9/h3H,1H2,(H,6,9). The number of hydrogen-bond acceptors (Lipinski definition) is 4. The van der Waals surface area contributed by atoms with Gasteiger partial charge >= 0.3 is 0 Å². The topological polar surface area (TPSA) is 43.1 Å². The van der Waals surface area contributed by atoms with Crippen molar-refractivity contribution in [1.82, 2.24) is 5.16 Å². The van der Waals surface area contributed by atoms with Gasteiger partial charge in [0.05, 0.1) is 0 Å². The molecule has 3 nitrogen and oxygen atoms in total. The lowest BCUT2D eigenvalue weighted by atomic mass is 10.3. The Kier molecular flexibility index (Phi) is 1.89. The minimum Gasteiger partial charge on any atom is -0.363 e. The summed E-state index contributed by atoms with van der Waals surface area (Å²) in [6, 6.07) is 0. The van der Waals surface area contributed by atoms with Gasteiger partial charge in [0.2, 0.25) is 6.29 Å². The molecule has 0 unspecified atom stereocenters. The number of nitrogens with zero attached hydrogens (tertiary/aromatic N) is 1. The van der Waals surface area contributed by atoms with Crippen LogP contribution >= 0.6 is 12.6 Å². The van der Waals surface area contributed by atoms with E-state index in [1.807, 2.05) is 0 Å². The van der Waals surface area contributed by atoms with Gasteiger partial charge in [-0.25, -0.2) is 0 Å². The van der Waals surface area contributed by atoms with Crippen LogP contribution in [0, 0.1) is 0 Å². The van der Waals surface area contributed by atoms with Crippen molar-refractivity contribution < 1.29 is 9.32 Å². The van der Waals surface area contributed by atoms with E-state index < -0.39 is 0 Å². The SMILES string of the molecule is O=[C]Cc1conc1S. The molecule has 0 aliphatic rings. The molecule has 0 aromatic carbocycles. The molecule has 0 bridgehead atoms. The van der Waals surface area contributed by atoms with Crippen LogP contribution in [0.1, 0.15) is 5.56 Å². The maximum atomic E-state index is 9.80. The van der Waals surface area contributed by atoms with Gasteiger partial charge in [0.1, 0.15) is 11.3 Å². The molecule has 0 saturated carbocycles. The number of hydrogen-bond donors (Lipinski definition) is 1. The van der Waals surface area contributed by atoms with Crippen LogP contribution < -0.4 is 0 Å². The fraction of sp³-hybridized carbons (Fsp3) is 0.200. The quantitative estimate of drug-likeness (QED) is 0.615. The average Bonchev–Trinajstić information content (AvgIpc) is 2.18. The predicted octanol–water partition coefficient (Wildman–Crippen LogP) is 0.615. The molecule has 0 amide bonds. The number of rotatable bonds is 2. The van der Waals surface area contributed by atoms with Crippen LogP contribution in [0.15, 0.2) is 15.8 Å². The van der Waals surface area contributed by atoms with Crippen molar-refractivity contribution in [1.29, 1.82) is 0 Å². The molecule has 9 heavy (non-hydrogen) atoms. The Balaban J connectivity index is 2.80. The van der Waals surface area contributed by atoms with E-state index in [-0.39, 0.29) is 6.42 Å². The first kappa shape index (κ1) is 6.35. The zero-order chi connectivity index (χ0) is 6.69. The summed E-state index contributed by atoms with van der Waals surface area (Å²) in [7, 11) is 0. The monoisotopic (exact) mass is 142 g/mol. The lowest BCUT2D eigenvalue weighted by molar-refractivity contribution is 0.404. The molecular weight excluding hydrogens is 138 g/mol. The van der Waals surface area contributed by atoms with E-state index in [9.17, 15) is 4.79 Å². The Labute approximate surface area is 57.4 Å². The summed E-state index contributed by atoms with van der Waals surface area (Å²) in [6.07, 6.45) is 3.29. The zero-order valence-corrected chi connectivity index (χ0v) is 5.39. The Bertz CT molecular complexity index is 208. The smallest absolute Gasteiger partial charge is 0.203 e. The van der Waals surface area contributed by atoms with Gasteiger partial charge in [0.25, 0.3) is 0 Å². The van der Waals surface area contributed by atoms with E-state index in [1.165, 1.54) is 6.26 Å². The Hall–Kier alpha value is -0.770. The van der Waals surface area contributed by atoms with Gasteiger partial charge in [-0.2, -0.15) is 0 Å². The first-order chi connectivity index (χ1) is 4.34. The van der Waals surface area contributed by atoms with Crippen LogP contribution in [-0.2, 0) is 11.2 Å². The zero-order valence-electron chi connectivity index (χ0n) is 4.50. The molecule has 1 heterocycles. The minimum atomic E-state index is 0.197. The van der Waals surface area contributed by atoms with E-state index in [4.69, 9.17) is 0 Å². The first-order valence-electron chi connectivity index (χ1n) is 2.32. The first-order valence-corrected chi connectivity index (χ1v) is 2.76. The van der Waals surface area contributed by atoms with E-state index in [0.717, 1.165) is 0 Å². The van der Waals surface area contributed by atoms with Crippen molar-refractivity contribution >= 4 is 18.9 Å². The molecule has 0 saturated heterocycles. The highest BCUT2D eigenvalue weighted by Gasteiger charge is 2.00. The summed E-state index contributed by atoms with van der Waals surface area (Å²) < 4.78 is 4.49. The normalized spacial score (nSPS) is 9.44. The van der Waals surface area contributed by atoms with Gasteiger partial charge in [-0.15, -0.1) is 12.6 Å². The molecule has 1 aromatic rings. The summed E-state index contributed by atoms with van der Waals surface area (Å²) >= 11 is 3.90. The molecule has 0 fully saturated rings. The maximum Gasteiger partial charge on any atom is 0.203 e. The molecule has 0 atom stereocenters. The van der Waals surface area contributed by atoms with Gasteiger partial charge in [0.15, 0.2) is 0 Å². The van der Waals surface area contributed by atoms with Gasteiger partial charge in [-0.1, -0.05) is 5.16 Å². The lowest BCUT2D eigenvalue weighted by Crippen LogP contribution is -1.82. The Morgan fingerprint density at radius 3 is 3.11 bits per heavy atom. The van der Waals surface area contributed by atoms with Gasteiger partial charge in [-0.3, -0.25) is 4.79 Å². The second-order valence-electron chi connectivity index (χ2n) is 1.48. The molecule has 1 aromatic heterocycles. The average molecular weight is 142 g/mol. The molecule has 1 rings (SSSR count). The van der Waals surface area contributed by atoms with Crippen molar-refractivity contribution in [3.8, 4) is 0 Å². The lowest BCUT2D eigenvalue weighted by Gasteiger charge is -1.80. The van der Waals surface area contributed by atoms with Gasteiger partial charge in [-0.05, 0) is 0 Å². The second kappa shape index (κ2) is 2.68. The Morgan fingerprint density at radius 1 is 1.89 bits per heavy atom. The van der Waals surface area contributed by atoms with Crippen LogP contribution in [-0.4, -0.2) is 11.4 Å². The third-order valence-corrected chi connectivity index (χ3v) is 1.25. The number of aromatic nitrogens is 1. The van der Waals surface area contributed by atoms with Crippen molar-refractivity contribution in [2.24, 2.45) is 0 Å². The molecule has 1 radical (unpaired) electrons. The highest BCUT2D eigenvalue weighted by atomic mass is 32.1. The third kappa shape index (κ3) is 1.32. The molecule has 0 spiro atoms. The summed E-state index contributed by atoms with van der Waals surface area (Å²) in [4.78, 5) is 9.80. The molecular formula is C5H4NO2S. The van der Waals surface area contributed by atoms with Crippen LogP contribution in [0.25, 0.3) is 0 Å². The summed E-state index contributed by atoms with van der Waals surface area (Å²) in [5.74, 6) is 0. The number of thiol groups is 1. The summed E-state index contributed by atoms with van der Waals surface area (Å²) in [5.41, 5.74) is 0.674. The van der Waals surface area contributed by atoms with Gasteiger partial charge < -0.3 is 4.52 Å². The molecule has 0 aliphatic heterocycles.